The van der Waals surface area contributed by atoms with Gasteiger partial charge in [-0.3, -0.25) is 53.0 Å². The van der Waals surface area contributed by atoms with E-state index in [1.54, 1.807) is 13.0 Å². The monoisotopic (exact) mass is 1300 g/mol. The third kappa shape index (κ3) is 20.5. The fraction of sp³-hybridized carbons (Fsp3) is 0.492. The Morgan fingerprint density at radius 2 is 1.23 bits per heavy atom. The van der Waals surface area contributed by atoms with Crippen LogP contribution in [0.15, 0.2) is 65.5 Å². The first-order valence-corrected chi connectivity index (χ1v) is 30.3. The molecule has 1 aromatic carbocycles. The highest BCUT2D eigenvalue weighted by atomic mass is 16.7. The van der Waals surface area contributed by atoms with Gasteiger partial charge in [-0.25, -0.2) is 29.0 Å². The van der Waals surface area contributed by atoms with Crippen molar-refractivity contribution in [3.05, 3.63) is 87.7 Å². The molecule has 0 fully saturated rings. The van der Waals surface area contributed by atoms with Crippen molar-refractivity contribution in [1.29, 1.82) is 0 Å². The zero-order valence-electron chi connectivity index (χ0n) is 51.5. The number of cyclic esters (lactones) is 1. The molecule has 2 atom stereocenters. The highest BCUT2D eigenvalue weighted by molar-refractivity contribution is 6.13. The minimum Gasteiger partial charge on any atom is -0.463 e. The van der Waals surface area contributed by atoms with Gasteiger partial charge in [-0.15, -0.1) is 5.06 Å². The molecule has 0 aliphatic carbocycles. The summed E-state index contributed by atoms with van der Waals surface area (Å²) in [5, 5.41) is 13.8. The van der Waals surface area contributed by atoms with Gasteiger partial charge in [0.15, 0.2) is 0 Å². The maximum Gasteiger partial charge on any atom is 0.407 e. The SMILES string of the molecule is CC[C@@]1(OC(=O)C(C)NC(=O)CN(CCOC(=O)CNC(=O)OCCOCCNC(=O)CCCCCN2C(=O)C=CC2=O)OC(=O)CNC(=O)OCCOCCNC(=O)CCCCCN2C(=O)C=CC2=O)C(=O)OCc2c1cc1n(c2=O)Cc2cc3ccccc3nc2-1. The number of nitrogens with one attached hydrogen (secondary N) is 5. The molecule has 5 N–H and O–H groups in total. The Hall–Kier alpha value is -9.95. The molecule has 0 bridgehead atoms. The number of hydrogen-bond donors (Lipinski definition) is 5. The Morgan fingerprint density at radius 3 is 1.81 bits per heavy atom. The first-order valence-electron chi connectivity index (χ1n) is 30.3. The van der Waals surface area contributed by atoms with E-state index in [4.69, 9.17) is 43.0 Å². The molecule has 0 saturated carbocycles. The van der Waals surface area contributed by atoms with E-state index in [0.717, 1.165) is 25.8 Å². The van der Waals surface area contributed by atoms with Gasteiger partial charge in [-0.2, -0.15) is 0 Å². The molecule has 4 aliphatic rings. The number of benzene rings is 1. The molecule has 4 aliphatic heterocycles. The second-order valence-electron chi connectivity index (χ2n) is 21.4. The number of amides is 9. The lowest BCUT2D eigenvalue weighted by atomic mass is 9.85. The fourth-order valence-corrected chi connectivity index (χ4v) is 9.95. The minimum atomic E-state index is -2.12. The van der Waals surface area contributed by atoms with Crippen molar-refractivity contribution in [3.8, 4) is 11.4 Å². The molecule has 0 spiro atoms. The number of imide groups is 2. The van der Waals surface area contributed by atoms with Crippen LogP contribution in [0.5, 0.6) is 0 Å². The van der Waals surface area contributed by atoms with Gasteiger partial charge < -0.3 is 69.1 Å². The molecule has 32 heteroatoms. The summed E-state index contributed by atoms with van der Waals surface area (Å²) in [5.74, 6) is -7.01. The van der Waals surface area contributed by atoms with Gasteiger partial charge in [0.1, 0.15) is 52.1 Å². The van der Waals surface area contributed by atoms with Gasteiger partial charge in [-0.05, 0) is 57.2 Å². The van der Waals surface area contributed by atoms with Crippen LogP contribution in [0.4, 0.5) is 9.59 Å². The van der Waals surface area contributed by atoms with Crippen molar-refractivity contribution < 1.29 is 100 Å². The Morgan fingerprint density at radius 1 is 0.656 bits per heavy atom. The van der Waals surface area contributed by atoms with E-state index >= 15 is 0 Å². The molecule has 0 saturated heterocycles. The molecule has 7 rings (SSSR count). The van der Waals surface area contributed by atoms with Crippen molar-refractivity contribution >= 4 is 88.3 Å². The molecule has 3 aromatic rings. The first kappa shape index (κ1) is 70.5. The molecule has 2 aromatic heterocycles. The molecule has 0 radical (unpaired) electrons. The lowest BCUT2D eigenvalue weighted by Gasteiger charge is -2.36. The number of rotatable bonds is 38. The normalized spacial score (nSPS) is 15.5. The number of alkyl carbamates (subject to hydrolysis) is 2. The largest absolute Gasteiger partial charge is 0.463 e. The van der Waals surface area contributed by atoms with E-state index in [1.807, 2.05) is 30.3 Å². The van der Waals surface area contributed by atoms with Crippen LogP contribution in [0.25, 0.3) is 22.3 Å². The predicted molar refractivity (Wildman–Crippen MR) is 320 cm³/mol. The van der Waals surface area contributed by atoms with Gasteiger partial charge in [0.05, 0.1) is 62.0 Å². The summed E-state index contributed by atoms with van der Waals surface area (Å²) in [6.07, 6.45) is 6.56. The maximum atomic E-state index is 14.1. The molecule has 6 heterocycles. The fourth-order valence-electron chi connectivity index (χ4n) is 9.95. The summed E-state index contributed by atoms with van der Waals surface area (Å²) < 4.78 is 38.8. The summed E-state index contributed by atoms with van der Waals surface area (Å²) in [6.45, 7) is -0.250. The number of fused-ring (bicyclic) bond motifs is 5. The lowest BCUT2D eigenvalue weighted by Crippen LogP contribution is -2.51. The Balaban J connectivity index is 0.831. The average Bonchev–Trinajstić information content (AvgIpc) is 1.68. The van der Waals surface area contributed by atoms with Crippen LogP contribution < -0.4 is 32.1 Å². The number of aromatic nitrogens is 2. The number of unbranched alkanes of at least 4 members (excludes halogenated alkanes) is 4. The minimum absolute atomic E-state index is 0.0483. The first-order chi connectivity index (χ1) is 44.8. The van der Waals surface area contributed by atoms with Crippen molar-refractivity contribution in [2.24, 2.45) is 0 Å². The van der Waals surface area contributed by atoms with E-state index in [-0.39, 0.29) is 138 Å². The van der Waals surface area contributed by atoms with Crippen LogP contribution in [0, 0.1) is 0 Å². The van der Waals surface area contributed by atoms with Gasteiger partial charge >= 0.3 is 36.1 Å². The van der Waals surface area contributed by atoms with Crippen molar-refractivity contribution in [2.45, 2.75) is 96.4 Å². The van der Waals surface area contributed by atoms with Crippen LogP contribution in [-0.4, -0.2) is 206 Å². The third-order valence-electron chi connectivity index (χ3n) is 14.7. The number of pyridine rings is 2. The summed E-state index contributed by atoms with van der Waals surface area (Å²) in [6, 6.07) is 9.44. The number of carbonyl (C=O) groups is 13. The van der Waals surface area contributed by atoms with Crippen molar-refractivity contribution in [1.82, 2.24) is 51.0 Å². The number of para-hydroxylation sites is 1. The topological polar surface area (TPSA) is 401 Å². The molecular formula is C61H74N10O22. The third-order valence-corrected chi connectivity index (χ3v) is 14.7. The van der Waals surface area contributed by atoms with E-state index in [1.165, 1.54) is 35.8 Å². The molecule has 93 heavy (non-hydrogen) atoms. The maximum absolute atomic E-state index is 14.1. The number of hydrogen-bond acceptors (Lipinski definition) is 24. The highest BCUT2D eigenvalue weighted by Crippen LogP contribution is 2.41. The highest BCUT2D eigenvalue weighted by Gasteiger charge is 2.51. The average molecular weight is 1300 g/mol. The predicted octanol–water partition coefficient (Wildman–Crippen LogP) is 0.127. The molecular weight excluding hydrogens is 1220 g/mol. The zero-order valence-corrected chi connectivity index (χ0v) is 51.5. The van der Waals surface area contributed by atoms with E-state index < -0.39 is 98.6 Å². The van der Waals surface area contributed by atoms with Gasteiger partial charge in [0, 0.05) is 79.8 Å². The summed E-state index contributed by atoms with van der Waals surface area (Å²) in [5.41, 5.74) is -0.0660. The number of ether oxygens (including phenoxy) is 7. The van der Waals surface area contributed by atoms with E-state index in [0.29, 0.717) is 55.4 Å². The molecule has 500 valence electrons. The van der Waals surface area contributed by atoms with Gasteiger partial charge in [0.2, 0.25) is 23.3 Å². The number of hydroxylamine groups is 2. The second kappa shape index (κ2) is 35.0. The standard InChI is InChI=1S/C61H74N10O22/c1-3-61(43-33-45-55-41(32-40-12-8-9-13-44(40)67-55)36-71(45)56(81)42(43)38-91-58(61)83)92-57(82)39(2)66-48(74)37-68(93-54(80)35-65-60(85)90-31-29-87-26-21-63-47(73)15-7-5-11-23-70-51(77)18-19-52(70)78)24-27-88-53(79)34-64-59(84)89-30-28-86-25-20-62-46(72)14-6-4-10-22-69-49(75)16-17-50(69)76/h8-9,12-13,16-19,32-33,39H,3-7,10-11,14-15,20-31,34-38H2,1-2H3,(H,62,72)(H,63,73)(H,64,84)(H,65,85)(H,66,74)/t39?,61-/m0/s1. The summed E-state index contributed by atoms with van der Waals surface area (Å²) in [7, 11) is 0. The van der Waals surface area contributed by atoms with Gasteiger partial charge in [-0.1, -0.05) is 38.0 Å². The van der Waals surface area contributed by atoms with Crippen molar-refractivity contribution in [3.63, 3.8) is 0 Å². The number of carbonyl (C=O) groups excluding carboxylic acids is 13. The van der Waals surface area contributed by atoms with Gasteiger partial charge in [0.25, 0.3) is 29.2 Å². The van der Waals surface area contributed by atoms with Crippen LogP contribution in [0.2, 0.25) is 0 Å². The Kier molecular flexibility index (Phi) is 26.6. The quantitative estimate of drug-likeness (QED) is 0.0131. The smallest absolute Gasteiger partial charge is 0.407 e. The zero-order chi connectivity index (χ0) is 66.9. The van der Waals surface area contributed by atoms with Crippen LogP contribution in [0.3, 0.4) is 0 Å². The summed E-state index contributed by atoms with van der Waals surface area (Å²) >= 11 is 0. The molecule has 32 nitrogen and oxygen atoms in total. The lowest BCUT2D eigenvalue weighted by molar-refractivity contribution is -0.194. The Labute approximate surface area is 532 Å². The molecule has 1 unspecified atom stereocenters. The van der Waals surface area contributed by atoms with E-state index in [9.17, 15) is 67.1 Å². The number of nitrogens with zero attached hydrogens (tertiary/aromatic N) is 5. The summed E-state index contributed by atoms with van der Waals surface area (Å²) in [4.78, 5) is 189. The van der Waals surface area contributed by atoms with E-state index in [2.05, 4.69) is 26.6 Å². The number of esters is 3. The van der Waals surface area contributed by atoms with Crippen LogP contribution >= 0.6 is 0 Å². The molecule has 9 amide bonds. The Bertz CT molecular complexity index is 3400. The second-order valence-corrected chi connectivity index (χ2v) is 21.4. The van der Waals surface area contributed by atoms with Crippen LogP contribution in [-0.2, 0) is 109 Å². The van der Waals surface area contributed by atoms with Crippen LogP contribution in [0.1, 0.15) is 88.3 Å². The van der Waals surface area contributed by atoms with Crippen molar-refractivity contribution in [2.75, 3.05) is 98.6 Å².